The number of nitrogens with one attached hydrogen (secondary N) is 1. The summed E-state index contributed by atoms with van der Waals surface area (Å²) in [6.45, 7) is 8.39. The Morgan fingerprint density at radius 1 is 1.30 bits per heavy atom. The zero-order valence-electron chi connectivity index (χ0n) is 12.8. The Kier molecular flexibility index (Phi) is 4.02. The number of rotatable bonds is 3. The van der Waals surface area contributed by atoms with E-state index in [-0.39, 0.29) is 10.6 Å². The fourth-order valence-electron chi connectivity index (χ4n) is 3.23. The lowest BCUT2D eigenvalue weighted by atomic mass is 9.75. The zero-order chi connectivity index (χ0) is 14.9. The van der Waals surface area contributed by atoms with Gasteiger partial charge in [-0.25, -0.2) is 0 Å². The van der Waals surface area contributed by atoms with Crippen LogP contribution in [0, 0.1) is 29.4 Å². The van der Waals surface area contributed by atoms with E-state index in [4.69, 9.17) is 0 Å². The van der Waals surface area contributed by atoms with Gasteiger partial charge >= 0.3 is 0 Å². The molecule has 0 radical (unpaired) electrons. The number of nitro groups is 1. The first-order valence-electron chi connectivity index (χ1n) is 7.31. The number of nitrogens with zero attached hydrogens (tertiary/aromatic N) is 1. The first kappa shape index (κ1) is 14.8. The van der Waals surface area contributed by atoms with Gasteiger partial charge in [-0.15, -0.1) is 0 Å². The van der Waals surface area contributed by atoms with Crippen molar-refractivity contribution in [3.05, 3.63) is 33.4 Å². The van der Waals surface area contributed by atoms with Crippen LogP contribution >= 0.6 is 0 Å². The molecule has 4 nitrogen and oxygen atoms in total. The number of hydrogen-bond donors (Lipinski definition) is 1. The molecule has 0 aliphatic heterocycles. The molecule has 0 aromatic heterocycles. The van der Waals surface area contributed by atoms with Gasteiger partial charge in [0.1, 0.15) is 0 Å². The van der Waals surface area contributed by atoms with Crippen LogP contribution in [0.15, 0.2) is 12.1 Å². The van der Waals surface area contributed by atoms with E-state index >= 15 is 0 Å². The van der Waals surface area contributed by atoms with Crippen LogP contribution < -0.4 is 5.32 Å². The van der Waals surface area contributed by atoms with Gasteiger partial charge < -0.3 is 5.32 Å². The highest BCUT2D eigenvalue weighted by atomic mass is 16.6. The maximum atomic E-state index is 11.1. The fourth-order valence-corrected chi connectivity index (χ4v) is 3.23. The summed E-state index contributed by atoms with van der Waals surface area (Å²) in [5, 5.41) is 14.6. The second-order valence-electron chi connectivity index (χ2n) is 6.81. The highest BCUT2D eigenvalue weighted by Crippen LogP contribution is 2.37. The van der Waals surface area contributed by atoms with Crippen LogP contribution in [0.4, 0.5) is 11.4 Å². The normalized spacial score (nSPS) is 21.5. The Balaban J connectivity index is 2.21. The molecule has 0 saturated heterocycles. The molecule has 0 bridgehead atoms. The summed E-state index contributed by atoms with van der Waals surface area (Å²) in [6, 6.07) is 4.00. The van der Waals surface area contributed by atoms with Gasteiger partial charge in [-0.3, -0.25) is 10.1 Å². The molecular weight excluding hydrogens is 252 g/mol. The Hall–Kier alpha value is -1.58. The van der Waals surface area contributed by atoms with E-state index in [0.717, 1.165) is 29.7 Å². The van der Waals surface area contributed by atoms with Crippen molar-refractivity contribution in [3.8, 4) is 0 Å². The lowest BCUT2D eigenvalue weighted by molar-refractivity contribution is -0.385. The summed E-state index contributed by atoms with van der Waals surface area (Å²) in [5.41, 5.74) is 3.28. The van der Waals surface area contributed by atoms with Crippen molar-refractivity contribution in [1.29, 1.82) is 0 Å². The molecule has 1 saturated carbocycles. The second kappa shape index (κ2) is 5.43. The van der Waals surface area contributed by atoms with E-state index < -0.39 is 0 Å². The van der Waals surface area contributed by atoms with Crippen molar-refractivity contribution in [2.75, 3.05) is 5.32 Å². The van der Waals surface area contributed by atoms with Crippen molar-refractivity contribution in [1.82, 2.24) is 0 Å². The topological polar surface area (TPSA) is 55.2 Å². The Morgan fingerprint density at radius 3 is 2.60 bits per heavy atom. The molecule has 1 unspecified atom stereocenters. The van der Waals surface area contributed by atoms with E-state index in [1.807, 2.05) is 13.0 Å². The molecule has 0 heterocycles. The summed E-state index contributed by atoms with van der Waals surface area (Å²) < 4.78 is 0. The summed E-state index contributed by atoms with van der Waals surface area (Å²) in [6.07, 6.45) is 4.74. The molecule has 1 atom stereocenters. The van der Waals surface area contributed by atoms with Gasteiger partial charge in [-0.05, 0) is 50.2 Å². The van der Waals surface area contributed by atoms with E-state index in [1.165, 1.54) is 12.8 Å². The van der Waals surface area contributed by atoms with Gasteiger partial charge in [-0.2, -0.15) is 0 Å². The van der Waals surface area contributed by atoms with Crippen LogP contribution in [0.5, 0.6) is 0 Å². The minimum Gasteiger partial charge on any atom is -0.382 e. The predicted octanol–water partition coefficient (Wildman–Crippen LogP) is 4.59. The molecule has 1 aliphatic carbocycles. The van der Waals surface area contributed by atoms with Crippen LogP contribution in [-0.4, -0.2) is 11.0 Å². The van der Waals surface area contributed by atoms with Gasteiger partial charge in [-0.1, -0.05) is 20.3 Å². The van der Waals surface area contributed by atoms with Gasteiger partial charge in [0.25, 0.3) is 5.69 Å². The Bertz CT molecular complexity index is 523. The Labute approximate surface area is 120 Å². The number of hydrogen-bond acceptors (Lipinski definition) is 3. The SMILES string of the molecule is Cc1cc(C)c([N+](=O)[O-])cc1NC1CCCC(C)(C)C1. The van der Waals surface area contributed by atoms with Gasteiger partial charge in [0.05, 0.1) is 4.92 Å². The molecule has 110 valence electrons. The lowest BCUT2D eigenvalue weighted by Crippen LogP contribution is -2.32. The van der Waals surface area contributed by atoms with Gasteiger partial charge in [0.2, 0.25) is 0 Å². The van der Waals surface area contributed by atoms with Crippen molar-refractivity contribution >= 4 is 11.4 Å². The molecule has 1 aromatic carbocycles. The number of benzene rings is 1. The number of aryl methyl sites for hydroxylation is 2. The van der Waals surface area contributed by atoms with Crippen LogP contribution in [0.1, 0.15) is 50.7 Å². The number of anilines is 1. The van der Waals surface area contributed by atoms with E-state index in [0.29, 0.717) is 11.5 Å². The van der Waals surface area contributed by atoms with Crippen LogP contribution in [0.3, 0.4) is 0 Å². The minimum atomic E-state index is -0.301. The smallest absolute Gasteiger partial charge is 0.274 e. The van der Waals surface area contributed by atoms with E-state index in [1.54, 1.807) is 13.0 Å². The van der Waals surface area contributed by atoms with Crippen molar-refractivity contribution in [2.24, 2.45) is 5.41 Å². The second-order valence-corrected chi connectivity index (χ2v) is 6.81. The van der Waals surface area contributed by atoms with E-state index in [2.05, 4.69) is 19.2 Å². The molecule has 0 spiro atoms. The predicted molar refractivity (Wildman–Crippen MR) is 82.2 cm³/mol. The highest BCUT2D eigenvalue weighted by molar-refractivity contribution is 5.60. The molecule has 1 N–H and O–H groups in total. The van der Waals surface area contributed by atoms with Crippen molar-refractivity contribution < 1.29 is 4.92 Å². The molecule has 20 heavy (non-hydrogen) atoms. The first-order valence-corrected chi connectivity index (χ1v) is 7.31. The third kappa shape index (κ3) is 3.30. The monoisotopic (exact) mass is 276 g/mol. The summed E-state index contributed by atoms with van der Waals surface area (Å²) in [7, 11) is 0. The average Bonchev–Trinajstić information content (AvgIpc) is 2.31. The molecule has 4 heteroatoms. The molecule has 1 aliphatic rings. The molecule has 2 rings (SSSR count). The van der Waals surface area contributed by atoms with Crippen molar-refractivity contribution in [2.45, 2.75) is 59.4 Å². The molecule has 1 aromatic rings. The van der Waals surface area contributed by atoms with Crippen LogP contribution in [0.25, 0.3) is 0 Å². The quantitative estimate of drug-likeness (QED) is 0.648. The third-order valence-electron chi connectivity index (χ3n) is 4.30. The maximum Gasteiger partial charge on any atom is 0.274 e. The number of nitro benzene ring substituents is 1. The zero-order valence-corrected chi connectivity index (χ0v) is 12.8. The summed E-state index contributed by atoms with van der Waals surface area (Å²) >= 11 is 0. The highest BCUT2D eigenvalue weighted by Gasteiger charge is 2.28. The van der Waals surface area contributed by atoms with Gasteiger partial charge in [0.15, 0.2) is 0 Å². The molecular formula is C16H24N2O2. The fraction of sp³-hybridized carbons (Fsp3) is 0.625. The lowest BCUT2D eigenvalue weighted by Gasteiger charge is -2.36. The summed E-state index contributed by atoms with van der Waals surface area (Å²) in [4.78, 5) is 10.8. The van der Waals surface area contributed by atoms with Crippen LogP contribution in [0.2, 0.25) is 0 Å². The molecule has 0 amide bonds. The minimum absolute atomic E-state index is 0.202. The van der Waals surface area contributed by atoms with E-state index in [9.17, 15) is 10.1 Å². The standard InChI is InChI=1S/C16H24N2O2/c1-11-8-12(2)15(18(19)20)9-14(11)17-13-6-5-7-16(3,4)10-13/h8-9,13,17H,5-7,10H2,1-4H3. The first-order chi connectivity index (χ1) is 9.28. The Morgan fingerprint density at radius 2 is 2.00 bits per heavy atom. The average molecular weight is 276 g/mol. The summed E-state index contributed by atoms with van der Waals surface area (Å²) in [5.74, 6) is 0. The van der Waals surface area contributed by atoms with Crippen molar-refractivity contribution in [3.63, 3.8) is 0 Å². The maximum absolute atomic E-state index is 11.1. The third-order valence-corrected chi connectivity index (χ3v) is 4.30. The largest absolute Gasteiger partial charge is 0.382 e. The van der Waals surface area contributed by atoms with Gasteiger partial charge in [0, 0.05) is 23.4 Å². The molecule has 1 fully saturated rings. The van der Waals surface area contributed by atoms with Crippen LogP contribution in [-0.2, 0) is 0 Å².